The largest absolute Gasteiger partial charge is 0.487 e. The van der Waals surface area contributed by atoms with Crippen LogP contribution in [0.4, 0.5) is 0 Å². The van der Waals surface area contributed by atoms with Gasteiger partial charge >= 0.3 is 0 Å². The SMILES string of the molecule is CC(C)Oc1ccccc1OCc1c(O[C@@](C)(c2ccccc2)c2ncc[nH]2)ccc2c1CCCC2=O. The standard InChI is InChI=1S/C31H32N2O4/c1-21(2)36-29-15-8-7-14-28(29)35-20-25-23-12-9-13-26(34)24(23)16-17-27(25)37-31(3,30-32-18-19-33-30)22-10-5-4-6-11-22/h4-8,10-11,14-19,21H,9,12-13,20H2,1-3H3,(H,32,33)/t31-/m0/s1. The molecule has 0 saturated carbocycles. The van der Waals surface area contributed by atoms with E-state index in [0.29, 0.717) is 29.5 Å². The summed E-state index contributed by atoms with van der Waals surface area (Å²) in [6.45, 7) is 6.22. The number of ketones is 1. The van der Waals surface area contributed by atoms with Gasteiger partial charge < -0.3 is 19.2 Å². The summed E-state index contributed by atoms with van der Waals surface area (Å²) in [6.07, 6.45) is 5.70. The predicted octanol–water partition coefficient (Wildman–Crippen LogP) is 6.64. The fraction of sp³-hybridized carbons (Fsp3) is 0.290. The van der Waals surface area contributed by atoms with Crippen molar-refractivity contribution in [2.75, 3.05) is 0 Å². The van der Waals surface area contributed by atoms with Crippen LogP contribution in [0.15, 0.2) is 79.1 Å². The zero-order chi connectivity index (χ0) is 25.8. The third-order valence-corrected chi connectivity index (χ3v) is 6.69. The second kappa shape index (κ2) is 10.5. The van der Waals surface area contributed by atoms with E-state index in [1.165, 1.54) is 0 Å². The van der Waals surface area contributed by atoms with Crippen molar-refractivity contribution >= 4 is 5.78 Å². The number of aromatic amines is 1. The van der Waals surface area contributed by atoms with Gasteiger partial charge in [0.1, 0.15) is 12.4 Å². The number of benzene rings is 3. The summed E-state index contributed by atoms with van der Waals surface area (Å²) in [6, 6.07) is 21.4. The molecule has 190 valence electrons. The van der Waals surface area contributed by atoms with E-state index in [-0.39, 0.29) is 18.5 Å². The third kappa shape index (κ3) is 5.10. The molecule has 1 aliphatic carbocycles. The van der Waals surface area contributed by atoms with Crippen molar-refractivity contribution < 1.29 is 19.0 Å². The Morgan fingerprint density at radius 2 is 1.70 bits per heavy atom. The third-order valence-electron chi connectivity index (χ3n) is 6.69. The molecule has 1 N–H and O–H groups in total. The van der Waals surface area contributed by atoms with Gasteiger partial charge in [-0.05, 0) is 63.4 Å². The quantitative estimate of drug-likeness (QED) is 0.281. The van der Waals surface area contributed by atoms with E-state index in [1.807, 2.05) is 87.5 Å². The van der Waals surface area contributed by atoms with Crippen LogP contribution in [0.25, 0.3) is 0 Å². The van der Waals surface area contributed by atoms with E-state index in [0.717, 1.165) is 35.1 Å². The van der Waals surface area contributed by atoms with Crippen molar-refractivity contribution in [1.82, 2.24) is 9.97 Å². The first-order valence-electron chi connectivity index (χ1n) is 12.8. The number of para-hydroxylation sites is 2. The molecule has 0 bridgehead atoms. The Labute approximate surface area is 217 Å². The van der Waals surface area contributed by atoms with Crippen LogP contribution in [0.2, 0.25) is 0 Å². The zero-order valence-electron chi connectivity index (χ0n) is 21.5. The van der Waals surface area contributed by atoms with E-state index < -0.39 is 5.60 Å². The van der Waals surface area contributed by atoms with E-state index in [1.54, 1.807) is 12.4 Å². The van der Waals surface area contributed by atoms with Crippen LogP contribution in [-0.4, -0.2) is 21.9 Å². The van der Waals surface area contributed by atoms with E-state index >= 15 is 0 Å². The molecule has 1 aliphatic rings. The maximum Gasteiger partial charge on any atom is 0.188 e. The molecule has 1 heterocycles. The monoisotopic (exact) mass is 496 g/mol. The number of aromatic nitrogens is 2. The Balaban J connectivity index is 1.56. The van der Waals surface area contributed by atoms with Crippen molar-refractivity contribution in [2.45, 2.75) is 58.3 Å². The highest BCUT2D eigenvalue weighted by Crippen LogP contribution is 2.39. The number of H-pyrrole nitrogens is 1. The lowest BCUT2D eigenvalue weighted by atomic mass is 9.86. The smallest absolute Gasteiger partial charge is 0.188 e. The first kappa shape index (κ1) is 24.6. The normalized spacial score (nSPS) is 14.6. The van der Waals surface area contributed by atoms with Gasteiger partial charge in [0.15, 0.2) is 28.7 Å². The minimum absolute atomic E-state index is 0.0191. The minimum atomic E-state index is -0.884. The van der Waals surface area contributed by atoms with Crippen LogP contribution < -0.4 is 14.2 Å². The van der Waals surface area contributed by atoms with Crippen LogP contribution in [-0.2, 0) is 18.6 Å². The summed E-state index contributed by atoms with van der Waals surface area (Å²) < 4.78 is 19.1. The van der Waals surface area contributed by atoms with Crippen molar-refractivity contribution in [3.05, 3.63) is 107 Å². The molecule has 0 saturated heterocycles. The Hall–Kier alpha value is -4.06. The second-order valence-electron chi connectivity index (χ2n) is 9.69. The van der Waals surface area contributed by atoms with E-state index in [4.69, 9.17) is 14.2 Å². The number of Topliss-reactive ketones (excluding diaryl/α,β-unsaturated/α-hetero) is 1. The Kier molecular flexibility index (Phi) is 6.99. The summed E-state index contributed by atoms with van der Waals surface area (Å²) in [5.41, 5.74) is 2.69. The topological polar surface area (TPSA) is 73.4 Å². The molecule has 0 amide bonds. The van der Waals surface area contributed by atoms with Gasteiger partial charge in [0.05, 0.1) is 6.10 Å². The van der Waals surface area contributed by atoms with Crippen molar-refractivity contribution in [1.29, 1.82) is 0 Å². The summed E-state index contributed by atoms with van der Waals surface area (Å²) >= 11 is 0. The molecule has 37 heavy (non-hydrogen) atoms. The molecular weight excluding hydrogens is 464 g/mol. The molecule has 5 rings (SSSR count). The van der Waals surface area contributed by atoms with Crippen molar-refractivity contribution in [3.63, 3.8) is 0 Å². The molecule has 6 heteroatoms. The van der Waals surface area contributed by atoms with Crippen molar-refractivity contribution in [2.24, 2.45) is 0 Å². The maximum absolute atomic E-state index is 12.8. The molecule has 1 atom stereocenters. The second-order valence-corrected chi connectivity index (χ2v) is 9.69. The number of ether oxygens (including phenoxy) is 3. The number of imidazole rings is 1. The van der Waals surface area contributed by atoms with Crippen LogP contribution in [0.1, 0.15) is 66.5 Å². The summed E-state index contributed by atoms with van der Waals surface area (Å²) in [5, 5.41) is 0. The summed E-state index contributed by atoms with van der Waals surface area (Å²) in [7, 11) is 0. The Morgan fingerprint density at radius 3 is 2.43 bits per heavy atom. The molecular formula is C31H32N2O4. The fourth-order valence-corrected chi connectivity index (χ4v) is 4.85. The molecule has 4 aromatic rings. The van der Waals surface area contributed by atoms with Crippen LogP contribution in [0.3, 0.4) is 0 Å². The van der Waals surface area contributed by atoms with E-state index in [2.05, 4.69) is 9.97 Å². The first-order chi connectivity index (χ1) is 18.0. The average molecular weight is 497 g/mol. The molecule has 0 unspecified atom stereocenters. The highest BCUT2D eigenvalue weighted by molar-refractivity contribution is 5.99. The number of hydrogen-bond acceptors (Lipinski definition) is 5. The van der Waals surface area contributed by atoms with Crippen LogP contribution >= 0.6 is 0 Å². The molecule has 1 aromatic heterocycles. The maximum atomic E-state index is 12.8. The summed E-state index contributed by atoms with van der Waals surface area (Å²) in [5.74, 6) is 2.85. The number of fused-ring (bicyclic) bond motifs is 1. The zero-order valence-corrected chi connectivity index (χ0v) is 21.5. The highest BCUT2D eigenvalue weighted by atomic mass is 16.5. The number of nitrogens with zero attached hydrogens (tertiary/aromatic N) is 1. The summed E-state index contributed by atoms with van der Waals surface area (Å²) in [4.78, 5) is 20.5. The first-order valence-corrected chi connectivity index (χ1v) is 12.8. The number of rotatable bonds is 9. The predicted molar refractivity (Wildman–Crippen MR) is 142 cm³/mol. The molecule has 0 radical (unpaired) electrons. The molecule has 0 aliphatic heterocycles. The van der Waals surface area contributed by atoms with E-state index in [9.17, 15) is 4.79 Å². The van der Waals surface area contributed by atoms with Gasteiger partial charge in [0.2, 0.25) is 0 Å². The lowest BCUT2D eigenvalue weighted by Crippen LogP contribution is -2.33. The highest BCUT2D eigenvalue weighted by Gasteiger charge is 2.35. The van der Waals surface area contributed by atoms with Gasteiger partial charge in [0.25, 0.3) is 0 Å². The van der Waals surface area contributed by atoms with Gasteiger partial charge in [-0.15, -0.1) is 0 Å². The number of hydrogen-bond donors (Lipinski definition) is 1. The molecule has 3 aromatic carbocycles. The number of carbonyl (C=O) groups excluding carboxylic acids is 1. The lowest BCUT2D eigenvalue weighted by Gasteiger charge is -2.32. The Bertz CT molecular complexity index is 1370. The number of nitrogens with one attached hydrogen (secondary N) is 1. The van der Waals surface area contributed by atoms with Gasteiger partial charge in [-0.1, -0.05) is 42.5 Å². The van der Waals surface area contributed by atoms with Gasteiger partial charge in [0, 0.05) is 35.5 Å². The molecule has 0 fully saturated rings. The fourth-order valence-electron chi connectivity index (χ4n) is 4.85. The van der Waals surface area contributed by atoms with Gasteiger partial charge in [-0.2, -0.15) is 0 Å². The average Bonchev–Trinajstić information content (AvgIpc) is 3.45. The van der Waals surface area contributed by atoms with Crippen molar-refractivity contribution in [3.8, 4) is 17.2 Å². The minimum Gasteiger partial charge on any atom is -0.487 e. The Morgan fingerprint density at radius 1 is 0.946 bits per heavy atom. The van der Waals surface area contributed by atoms with Crippen LogP contribution in [0.5, 0.6) is 17.2 Å². The molecule has 0 spiro atoms. The number of carbonyl (C=O) groups is 1. The van der Waals surface area contributed by atoms with Gasteiger partial charge in [-0.3, -0.25) is 4.79 Å². The molecule has 6 nitrogen and oxygen atoms in total. The lowest BCUT2D eigenvalue weighted by molar-refractivity contribution is 0.0970. The van der Waals surface area contributed by atoms with Crippen LogP contribution in [0, 0.1) is 0 Å². The van der Waals surface area contributed by atoms with Gasteiger partial charge in [-0.25, -0.2) is 4.98 Å².